The molecule has 0 radical (unpaired) electrons. The second-order valence-corrected chi connectivity index (χ2v) is 8.34. The summed E-state index contributed by atoms with van der Waals surface area (Å²) in [6.07, 6.45) is 3.58. The van der Waals surface area contributed by atoms with Crippen LogP contribution in [0.3, 0.4) is 0 Å². The van der Waals surface area contributed by atoms with Gasteiger partial charge in [-0.2, -0.15) is 0 Å². The molecule has 5 nitrogen and oxygen atoms in total. The summed E-state index contributed by atoms with van der Waals surface area (Å²) in [6.45, 7) is 12.0. The molecule has 5 heteroatoms. The van der Waals surface area contributed by atoms with Gasteiger partial charge in [0.25, 0.3) is 5.91 Å². The number of carbonyl (C=O) groups excluding carboxylic acids is 1. The summed E-state index contributed by atoms with van der Waals surface area (Å²) < 4.78 is 5.39. The number of aryl methyl sites for hydroxylation is 2. The molecule has 3 rings (SSSR count). The number of hydrogen-bond acceptors (Lipinski definition) is 4. The zero-order chi connectivity index (χ0) is 22.5. The summed E-state index contributed by atoms with van der Waals surface area (Å²) in [5.74, 6) is -0.384. The standard InChI is InChI=1S/C26H33NO4/c1-5-6-7-8-19-16-22(28)24(21-15-18(4)9-10-20(21)17(2)3)25(29)23(19)26(30)27-11-13-31-14-12-27/h9-10,15-16,28-29H,2,5-8,11-14H2,1,3-4H3. The minimum atomic E-state index is -0.210. The Morgan fingerprint density at radius 3 is 2.52 bits per heavy atom. The molecular weight excluding hydrogens is 390 g/mol. The third-order valence-electron chi connectivity index (χ3n) is 5.83. The van der Waals surface area contributed by atoms with E-state index in [0.29, 0.717) is 49.4 Å². The van der Waals surface area contributed by atoms with Crippen molar-refractivity contribution in [3.8, 4) is 22.6 Å². The Morgan fingerprint density at radius 2 is 1.87 bits per heavy atom. The fourth-order valence-electron chi connectivity index (χ4n) is 4.14. The Bertz CT molecular complexity index is 974. The third kappa shape index (κ3) is 4.93. The molecule has 0 aromatic heterocycles. The van der Waals surface area contributed by atoms with Crippen molar-refractivity contribution in [2.45, 2.75) is 46.5 Å². The predicted molar refractivity (Wildman–Crippen MR) is 125 cm³/mol. The molecular formula is C26H33NO4. The highest BCUT2D eigenvalue weighted by Gasteiger charge is 2.28. The fourth-order valence-corrected chi connectivity index (χ4v) is 4.14. The SMILES string of the molecule is C=C(C)c1ccc(C)cc1-c1c(O)cc(CCCCC)c(C(=O)N2CCOCC2)c1O. The minimum absolute atomic E-state index is 0.0179. The van der Waals surface area contributed by atoms with Gasteiger partial charge in [-0.15, -0.1) is 0 Å². The first-order chi connectivity index (χ1) is 14.8. The molecule has 2 aromatic rings. The van der Waals surface area contributed by atoms with Gasteiger partial charge in [0.1, 0.15) is 11.5 Å². The molecule has 1 heterocycles. The van der Waals surface area contributed by atoms with E-state index in [1.54, 1.807) is 11.0 Å². The van der Waals surface area contributed by atoms with Crippen LogP contribution in [0.25, 0.3) is 16.7 Å². The molecule has 0 spiro atoms. The van der Waals surface area contributed by atoms with Crippen LogP contribution >= 0.6 is 0 Å². The normalized spacial score (nSPS) is 14.0. The van der Waals surface area contributed by atoms with Gasteiger partial charge in [0.05, 0.1) is 24.3 Å². The van der Waals surface area contributed by atoms with E-state index in [1.807, 2.05) is 32.0 Å². The quantitative estimate of drug-likeness (QED) is 0.592. The Kier molecular flexibility index (Phi) is 7.39. The van der Waals surface area contributed by atoms with Crippen molar-refractivity contribution in [1.29, 1.82) is 0 Å². The molecule has 0 aliphatic carbocycles. The Hall–Kier alpha value is -2.79. The van der Waals surface area contributed by atoms with Gasteiger partial charge in [-0.25, -0.2) is 0 Å². The maximum atomic E-state index is 13.5. The van der Waals surface area contributed by atoms with Crippen molar-refractivity contribution in [3.05, 3.63) is 53.1 Å². The lowest BCUT2D eigenvalue weighted by Crippen LogP contribution is -2.41. The lowest BCUT2D eigenvalue weighted by atomic mass is 9.88. The van der Waals surface area contributed by atoms with Crippen molar-refractivity contribution in [3.63, 3.8) is 0 Å². The molecule has 1 aliphatic rings. The van der Waals surface area contributed by atoms with Crippen molar-refractivity contribution in [2.24, 2.45) is 0 Å². The number of morpholine rings is 1. The van der Waals surface area contributed by atoms with E-state index >= 15 is 0 Å². The van der Waals surface area contributed by atoms with E-state index in [4.69, 9.17) is 4.74 Å². The van der Waals surface area contributed by atoms with Crippen molar-refractivity contribution in [2.75, 3.05) is 26.3 Å². The number of aromatic hydroxyl groups is 2. The monoisotopic (exact) mass is 423 g/mol. The summed E-state index contributed by atoms with van der Waals surface area (Å²) in [6, 6.07) is 7.48. The molecule has 0 unspecified atom stereocenters. The highest BCUT2D eigenvalue weighted by atomic mass is 16.5. The third-order valence-corrected chi connectivity index (χ3v) is 5.83. The number of allylic oxidation sites excluding steroid dienone is 1. The van der Waals surface area contributed by atoms with E-state index in [0.717, 1.165) is 36.0 Å². The Balaban J connectivity index is 2.19. The highest BCUT2D eigenvalue weighted by molar-refractivity contribution is 6.02. The molecule has 2 N–H and O–H groups in total. The molecule has 2 aromatic carbocycles. The van der Waals surface area contributed by atoms with Crippen molar-refractivity contribution >= 4 is 11.5 Å². The molecule has 1 fully saturated rings. The molecule has 166 valence electrons. The van der Waals surface area contributed by atoms with Crippen LogP contribution in [0.5, 0.6) is 11.5 Å². The molecule has 1 saturated heterocycles. The van der Waals surface area contributed by atoms with Crippen molar-refractivity contribution < 1.29 is 19.7 Å². The van der Waals surface area contributed by atoms with Crippen LogP contribution in [-0.2, 0) is 11.2 Å². The van der Waals surface area contributed by atoms with Gasteiger partial charge in [0, 0.05) is 13.1 Å². The highest BCUT2D eigenvalue weighted by Crippen LogP contribution is 2.45. The van der Waals surface area contributed by atoms with E-state index in [2.05, 4.69) is 13.5 Å². The summed E-state index contributed by atoms with van der Waals surface area (Å²) in [7, 11) is 0. The van der Waals surface area contributed by atoms with Gasteiger partial charge in [0.15, 0.2) is 0 Å². The van der Waals surface area contributed by atoms with Crippen LogP contribution in [0, 0.1) is 6.92 Å². The lowest BCUT2D eigenvalue weighted by Gasteiger charge is -2.28. The van der Waals surface area contributed by atoms with Crippen molar-refractivity contribution in [1.82, 2.24) is 4.90 Å². The topological polar surface area (TPSA) is 70.0 Å². The number of nitrogens with zero attached hydrogens (tertiary/aromatic N) is 1. The van der Waals surface area contributed by atoms with E-state index in [9.17, 15) is 15.0 Å². The number of amides is 1. The van der Waals surface area contributed by atoms with Crippen LogP contribution in [-0.4, -0.2) is 47.3 Å². The number of hydrogen-bond donors (Lipinski definition) is 2. The Labute approximate surface area is 185 Å². The van der Waals surface area contributed by atoms with Crippen LogP contribution < -0.4 is 0 Å². The van der Waals surface area contributed by atoms with Gasteiger partial charge in [-0.3, -0.25) is 4.79 Å². The van der Waals surface area contributed by atoms with Crippen LogP contribution in [0.2, 0.25) is 0 Å². The zero-order valence-electron chi connectivity index (χ0n) is 18.8. The average molecular weight is 424 g/mol. The zero-order valence-corrected chi connectivity index (χ0v) is 18.8. The van der Waals surface area contributed by atoms with E-state index < -0.39 is 0 Å². The molecule has 1 amide bonds. The van der Waals surface area contributed by atoms with Gasteiger partial charge >= 0.3 is 0 Å². The molecule has 0 atom stereocenters. The smallest absolute Gasteiger partial charge is 0.258 e. The predicted octanol–water partition coefficient (Wildman–Crippen LogP) is 5.31. The van der Waals surface area contributed by atoms with Crippen LogP contribution in [0.4, 0.5) is 0 Å². The number of rotatable bonds is 7. The number of ether oxygens (including phenoxy) is 1. The van der Waals surface area contributed by atoms with Gasteiger partial charge < -0.3 is 19.8 Å². The van der Waals surface area contributed by atoms with Gasteiger partial charge in [-0.05, 0) is 49.4 Å². The van der Waals surface area contributed by atoms with Crippen LogP contribution in [0.15, 0.2) is 30.8 Å². The fraction of sp³-hybridized carbons (Fsp3) is 0.423. The van der Waals surface area contributed by atoms with Gasteiger partial charge in [-0.1, -0.05) is 55.7 Å². The minimum Gasteiger partial charge on any atom is -0.507 e. The second-order valence-electron chi connectivity index (χ2n) is 8.34. The molecule has 0 saturated carbocycles. The number of carbonyl (C=O) groups is 1. The molecule has 0 bridgehead atoms. The Morgan fingerprint density at radius 1 is 1.16 bits per heavy atom. The summed E-state index contributed by atoms with van der Waals surface area (Å²) in [4.78, 5) is 15.2. The summed E-state index contributed by atoms with van der Waals surface area (Å²) in [5.41, 5.74) is 4.60. The van der Waals surface area contributed by atoms with E-state index in [1.165, 1.54) is 0 Å². The second kappa shape index (κ2) is 10.0. The summed E-state index contributed by atoms with van der Waals surface area (Å²) >= 11 is 0. The maximum absolute atomic E-state index is 13.5. The average Bonchev–Trinajstić information content (AvgIpc) is 2.74. The number of phenols is 2. The van der Waals surface area contributed by atoms with Crippen LogP contribution in [0.1, 0.15) is 60.2 Å². The largest absolute Gasteiger partial charge is 0.507 e. The summed E-state index contributed by atoms with van der Waals surface area (Å²) in [5, 5.41) is 22.4. The lowest BCUT2D eigenvalue weighted by molar-refractivity contribution is 0.0300. The first-order valence-corrected chi connectivity index (χ1v) is 11.1. The number of benzene rings is 2. The number of unbranched alkanes of at least 4 members (excludes halogenated alkanes) is 2. The van der Waals surface area contributed by atoms with Gasteiger partial charge in [0.2, 0.25) is 0 Å². The first-order valence-electron chi connectivity index (χ1n) is 11.1. The first kappa shape index (κ1) is 22.9. The number of phenolic OH excluding ortho intramolecular Hbond substituents is 2. The molecule has 31 heavy (non-hydrogen) atoms. The maximum Gasteiger partial charge on any atom is 0.258 e. The molecule has 1 aliphatic heterocycles. The van der Waals surface area contributed by atoms with E-state index in [-0.39, 0.29) is 23.0 Å².